The van der Waals surface area contributed by atoms with Gasteiger partial charge in [-0.15, -0.1) is 0 Å². The minimum Gasteiger partial charge on any atom is -0.389 e. The fourth-order valence-corrected chi connectivity index (χ4v) is 4.18. The number of nitrogens with zero attached hydrogens (tertiary/aromatic N) is 1. The number of hydrogen-bond acceptors (Lipinski definition) is 4. The molecule has 1 aliphatic rings. The van der Waals surface area contributed by atoms with Crippen LogP contribution in [-0.2, 0) is 0 Å². The summed E-state index contributed by atoms with van der Waals surface area (Å²) in [6.45, 7) is 7.25. The van der Waals surface area contributed by atoms with Gasteiger partial charge < -0.3 is 10.8 Å². The average Bonchev–Trinajstić information content (AvgIpc) is 2.37. The van der Waals surface area contributed by atoms with Crippen molar-refractivity contribution in [1.82, 2.24) is 4.90 Å². The van der Waals surface area contributed by atoms with Crippen molar-refractivity contribution >= 4 is 29.0 Å². The van der Waals surface area contributed by atoms with E-state index in [1.807, 2.05) is 36.0 Å². The number of thioether (sulfide) groups is 1. The fraction of sp³-hybridized carbons (Fsp3) is 0.533. The molecule has 3 atom stereocenters. The van der Waals surface area contributed by atoms with Crippen molar-refractivity contribution in [2.45, 2.75) is 30.5 Å². The molecule has 1 aromatic rings. The van der Waals surface area contributed by atoms with E-state index in [-0.39, 0.29) is 0 Å². The van der Waals surface area contributed by atoms with Crippen LogP contribution in [0.15, 0.2) is 24.3 Å². The number of β-amino-alcohol motifs (C(OH)–C–C–N with tert-alkyl or cyclic N) is 1. The summed E-state index contributed by atoms with van der Waals surface area (Å²) < 4.78 is 0. The summed E-state index contributed by atoms with van der Waals surface area (Å²) in [5, 5.41) is 11.6. The highest BCUT2D eigenvalue weighted by atomic mass is 32.2. The number of hydrogen-bond donors (Lipinski definition) is 2. The normalized spacial score (nSPS) is 25.4. The molecule has 5 heteroatoms. The summed E-state index contributed by atoms with van der Waals surface area (Å²) in [6.07, 6.45) is -0.460. The average molecular weight is 310 g/mol. The molecule has 0 saturated carbocycles. The Morgan fingerprint density at radius 1 is 1.35 bits per heavy atom. The molecule has 20 heavy (non-hydrogen) atoms. The van der Waals surface area contributed by atoms with Crippen LogP contribution in [0.2, 0.25) is 0 Å². The number of thiocarbonyl (C=S) groups is 1. The second kappa shape index (κ2) is 6.89. The Balaban J connectivity index is 1.97. The first kappa shape index (κ1) is 15.8. The van der Waals surface area contributed by atoms with Gasteiger partial charge in [-0.1, -0.05) is 50.3 Å². The predicted octanol–water partition coefficient (Wildman–Crippen LogP) is 2.18. The quantitative estimate of drug-likeness (QED) is 0.835. The molecule has 0 bridgehead atoms. The maximum Gasteiger partial charge on any atom is 0.103 e. The molecular weight excluding hydrogens is 288 g/mol. The molecule has 3 unspecified atom stereocenters. The lowest BCUT2D eigenvalue weighted by molar-refractivity contribution is 0.112. The predicted molar refractivity (Wildman–Crippen MR) is 90.2 cm³/mol. The van der Waals surface area contributed by atoms with Crippen LogP contribution in [0.1, 0.15) is 31.1 Å². The van der Waals surface area contributed by atoms with Gasteiger partial charge in [0.25, 0.3) is 0 Å². The van der Waals surface area contributed by atoms with E-state index in [1.165, 1.54) is 0 Å². The Morgan fingerprint density at radius 3 is 2.40 bits per heavy atom. The molecule has 1 aromatic carbocycles. The SMILES string of the molecule is CC1CN(CC(O)c2ccc(C(N)=S)cc2)CC(C)S1. The van der Waals surface area contributed by atoms with Crippen molar-refractivity contribution in [3.63, 3.8) is 0 Å². The molecule has 0 spiro atoms. The minimum absolute atomic E-state index is 0.391. The molecule has 1 fully saturated rings. The van der Waals surface area contributed by atoms with Gasteiger partial charge in [-0.25, -0.2) is 0 Å². The van der Waals surface area contributed by atoms with Gasteiger partial charge in [0.1, 0.15) is 4.99 Å². The van der Waals surface area contributed by atoms with E-state index in [0.717, 1.165) is 24.2 Å². The summed E-state index contributed by atoms with van der Waals surface area (Å²) in [5.74, 6) is 0. The zero-order valence-corrected chi connectivity index (χ0v) is 13.6. The Kier molecular flexibility index (Phi) is 5.43. The van der Waals surface area contributed by atoms with Crippen molar-refractivity contribution in [3.8, 4) is 0 Å². The Labute approximate surface area is 130 Å². The molecule has 2 rings (SSSR count). The molecule has 1 heterocycles. The Morgan fingerprint density at radius 2 is 1.90 bits per heavy atom. The number of rotatable bonds is 4. The molecule has 110 valence electrons. The van der Waals surface area contributed by atoms with Gasteiger partial charge in [-0.2, -0.15) is 11.8 Å². The van der Waals surface area contributed by atoms with Crippen LogP contribution in [0.25, 0.3) is 0 Å². The molecule has 3 N–H and O–H groups in total. The monoisotopic (exact) mass is 310 g/mol. The third kappa shape index (κ3) is 4.19. The van der Waals surface area contributed by atoms with Crippen LogP contribution in [0.3, 0.4) is 0 Å². The van der Waals surface area contributed by atoms with Gasteiger partial charge in [0.05, 0.1) is 6.10 Å². The van der Waals surface area contributed by atoms with Gasteiger partial charge >= 0.3 is 0 Å². The van der Waals surface area contributed by atoms with Crippen molar-refractivity contribution in [2.24, 2.45) is 5.73 Å². The zero-order valence-electron chi connectivity index (χ0n) is 12.0. The van der Waals surface area contributed by atoms with Gasteiger partial charge in [0, 0.05) is 35.7 Å². The summed E-state index contributed by atoms with van der Waals surface area (Å²) >= 11 is 6.95. The van der Waals surface area contributed by atoms with Gasteiger partial charge in [0.15, 0.2) is 0 Å². The topological polar surface area (TPSA) is 49.5 Å². The second-order valence-corrected chi connectivity index (χ2v) is 7.80. The Hall–Kier alpha value is -0.620. The number of nitrogens with two attached hydrogens (primary N) is 1. The minimum atomic E-state index is -0.460. The summed E-state index contributed by atoms with van der Waals surface area (Å²) in [6, 6.07) is 7.56. The van der Waals surface area contributed by atoms with E-state index in [1.54, 1.807) is 0 Å². The largest absolute Gasteiger partial charge is 0.389 e. The number of benzene rings is 1. The van der Waals surface area contributed by atoms with Crippen LogP contribution in [0.5, 0.6) is 0 Å². The van der Waals surface area contributed by atoms with Crippen LogP contribution in [0.4, 0.5) is 0 Å². The van der Waals surface area contributed by atoms with Crippen LogP contribution in [0, 0.1) is 0 Å². The van der Waals surface area contributed by atoms with Crippen LogP contribution < -0.4 is 5.73 Å². The highest BCUT2D eigenvalue weighted by Gasteiger charge is 2.24. The first-order valence-corrected chi connectivity index (χ1v) is 8.26. The maximum absolute atomic E-state index is 10.4. The highest BCUT2D eigenvalue weighted by molar-refractivity contribution is 8.00. The molecular formula is C15H22N2OS2. The molecule has 0 amide bonds. The van der Waals surface area contributed by atoms with E-state index >= 15 is 0 Å². The third-order valence-corrected chi connectivity index (χ3v) is 4.97. The lowest BCUT2D eigenvalue weighted by Crippen LogP contribution is -2.42. The molecule has 3 nitrogen and oxygen atoms in total. The lowest BCUT2D eigenvalue weighted by Gasteiger charge is -2.35. The van der Waals surface area contributed by atoms with Crippen LogP contribution in [-0.4, -0.2) is 45.1 Å². The van der Waals surface area contributed by atoms with Gasteiger partial charge in [0.2, 0.25) is 0 Å². The molecule has 0 aromatic heterocycles. The van der Waals surface area contributed by atoms with Gasteiger partial charge in [-0.3, -0.25) is 4.90 Å². The fourth-order valence-electron chi connectivity index (χ4n) is 2.65. The molecule has 1 saturated heterocycles. The summed E-state index contributed by atoms with van der Waals surface area (Å²) in [5.41, 5.74) is 7.34. The van der Waals surface area contributed by atoms with Crippen molar-refractivity contribution in [2.75, 3.05) is 19.6 Å². The first-order chi connectivity index (χ1) is 9.45. The van der Waals surface area contributed by atoms with Crippen molar-refractivity contribution in [1.29, 1.82) is 0 Å². The maximum atomic E-state index is 10.4. The number of aliphatic hydroxyl groups excluding tert-OH is 1. The Bertz CT molecular complexity index is 453. The number of aliphatic hydroxyl groups is 1. The highest BCUT2D eigenvalue weighted by Crippen LogP contribution is 2.26. The second-order valence-electron chi connectivity index (χ2n) is 5.48. The van der Waals surface area contributed by atoms with E-state index < -0.39 is 6.10 Å². The molecule has 0 radical (unpaired) electrons. The summed E-state index contributed by atoms with van der Waals surface area (Å²) in [4.78, 5) is 2.74. The van der Waals surface area contributed by atoms with E-state index in [2.05, 4.69) is 18.7 Å². The smallest absolute Gasteiger partial charge is 0.103 e. The molecule has 0 aliphatic carbocycles. The van der Waals surface area contributed by atoms with Crippen LogP contribution >= 0.6 is 24.0 Å². The van der Waals surface area contributed by atoms with Crippen molar-refractivity contribution in [3.05, 3.63) is 35.4 Å². The standard InChI is InChI=1S/C15H22N2OS2/c1-10-7-17(8-11(2)20-10)9-14(18)12-3-5-13(6-4-12)15(16)19/h3-6,10-11,14,18H,7-9H2,1-2H3,(H2,16,19). The van der Waals surface area contributed by atoms with E-state index in [9.17, 15) is 5.11 Å². The van der Waals surface area contributed by atoms with E-state index in [4.69, 9.17) is 18.0 Å². The van der Waals surface area contributed by atoms with Gasteiger partial charge in [-0.05, 0) is 5.56 Å². The lowest BCUT2D eigenvalue weighted by atomic mass is 10.1. The molecule has 1 aliphatic heterocycles. The third-order valence-electron chi connectivity index (χ3n) is 3.51. The zero-order chi connectivity index (χ0) is 14.7. The first-order valence-electron chi connectivity index (χ1n) is 6.91. The van der Waals surface area contributed by atoms with E-state index in [0.29, 0.717) is 22.0 Å². The summed E-state index contributed by atoms with van der Waals surface area (Å²) in [7, 11) is 0. The van der Waals surface area contributed by atoms with Crippen molar-refractivity contribution < 1.29 is 5.11 Å².